The second-order valence-corrected chi connectivity index (χ2v) is 6.84. The lowest BCUT2D eigenvalue weighted by Gasteiger charge is -2.23. The van der Waals surface area contributed by atoms with Crippen molar-refractivity contribution in [2.45, 2.75) is 22.5 Å². The SMILES string of the molecule is CN(C(=O)c1ccc(Sc2nncn2C)c([N+](=O)[O-])c1)C1CCNC1. The summed E-state index contributed by atoms with van der Waals surface area (Å²) in [6, 6.07) is 4.65. The van der Waals surface area contributed by atoms with Crippen LogP contribution in [0.15, 0.2) is 34.6 Å². The summed E-state index contributed by atoms with van der Waals surface area (Å²) < 4.78 is 1.67. The number of aryl methyl sites for hydroxylation is 1. The minimum absolute atomic E-state index is 0.110. The molecule has 25 heavy (non-hydrogen) atoms. The lowest BCUT2D eigenvalue weighted by atomic mass is 10.1. The van der Waals surface area contributed by atoms with Gasteiger partial charge in [0.15, 0.2) is 5.16 Å². The van der Waals surface area contributed by atoms with Crippen LogP contribution in [0.4, 0.5) is 5.69 Å². The maximum atomic E-state index is 12.6. The summed E-state index contributed by atoms with van der Waals surface area (Å²) >= 11 is 1.14. The molecule has 0 saturated carbocycles. The van der Waals surface area contributed by atoms with Crippen LogP contribution < -0.4 is 5.32 Å². The number of nitro benzene ring substituents is 1. The zero-order chi connectivity index (χ0) is 18.0. The third-order valence-electron chi connectivity index (χ3n) is 4.18. The van der Waals surface area contributed by atoms with Gasteiger partial charge >= 0.3 is 0 Å². The highest BCUT2D eigenvalue weighted by Gasteiger charge is 2.26. The van der Waals surface area contributed by atoms with Crippen LogP contribution in [0.3, 0.4) is 0 Å². The standard InChI is InChI=1S/C15H18N6O3S/c1-19-9-17-18-15(19)25-13-4-3-10(7-12(13)21(23)24)14(22)20(2)11-5-6-16-8-11/h3-4,7,9,11,16H,5-6,8H2,1-2H3. The first kappa shape index (κ1) is 17.4. The molecule has 3 rings (SSSR count). The Kier molecular flexibility index (Phi) is 5.00. The van der Waals surface area contributed by atoms with Crippen molar-refractivity contribution in [3.8, 4) is 0 Å². The summed E-state index contributed by atoms with van der Waals surface area (Å²) in [6.07, 6.45) is 2.40. The van der Waals surface area contributed by atoms with Gasteiger partial charge in [-0.3, -0.25) is 14.9 Å². The van der Waals surface area contributed by atoms with E-state index in [2.05, 4.69) is 15.5 Å². The molecule has 0 radical (unpaired) electrons. The molecule has 9 nitrogen and oxygen atoms in total. The number of benzene rings is 1. The first-order valence-corrected chi connectivity index (χ1v) is 8.57. The molecule has 1 aliphatic rings. The Balaban J connectivity index is 1.87. The van der Waals surface area contributed by atoms with Gasteiger partial charge in [0.1, 0.15) is 6.33 Å². The normalized spacial score (nSPS) is 16.8. The zero-order valence-electron chi connectivity index (χ0n) is 13.9. The van der Waals surface area contributed by atoms with Gasteiger partial charge < -0.3 is 14.8 Å². The van der Waals surface area contributed by atoms with Gasteiger partial charge in [-0.05, 0) is 36.9 Å². The predicted octanol–water partition coefficient (Wildman–Crippen LogP) is 1.31. The Morgan fingerprint density at radius 1 is 1.52 bits per heavy atom. The van der Waals surface area contributed by atoms with Crippen LogP contribution >= 0.6 is 11.8 Å². The Labute approximate surface area is 148 Å². The fraction of sp³-hybridized carbons (Fsp3) is 0.400. The average Bonchev–Trinajstić information content (AvgIpc) is 3.26. The van der Waals surface area contributed by atoms with E-state index in [-0.39, 0.29) is 17.6 Å². The highest BCUT2D eigenvalue weighted by Crippen LogP contribution is 2.34. The smallest absolute Gasteiger partial charge is 0.284 e. The molecule has 0 spiro atoms. The fourth-order valence-corrected chi connectivity index (χ4v) is 3.53. The van der Waals surface area contributed by atoms with E-state index in [9.17, 15) is 14.9 Å². The van der Waals surface area contributed by atoms with E-state index in [1.807, 2.05) is 0 Å². The summed E-state index contributed by atoms with van der Waals surface area (Å²) in [4.78, 5) is 25.7. The number of carbonyl (C=O) groups is 1. The molecular weight excluding hydrogens is 344 g/mol. The predicted molar refractivity (Wildman–Crippen MR) is 91.6 cm³/mol. The van der Waals surface area contributed by atoms with Gasteiger partial charge in [0, 0.05) is 38.3 Å². The molecular formula is C15H18N6O3S. The molecule has 132 valence electrons. The first-order chi connectivity index (χ1) is 12.0. The van der Waals surface area contributed by atoms with E-state index in [0.717, 1.165) is 31.3 Å². The van der Waals surface area contributed by atoms with Gasteiger partial charge in [-0.25, -0.2) is 0 Å². The number of aromatic nitrogens is 3. The molecule has 2 aromatic rings. The van der Waals surface area contributed by atoms with E-state index >= 15 is 0 Å². The molecule has 10 heteroatoms. The number of rotatable bonds is 5. The molecule has 1 N–H and O–H groups in total. The lowest BCUT2D eigenvalue weighted by Crippen LogP contribution is -2.38. The molecule has 1 aromatic carbocycles. The lowest BCUT2D eigenvalue weighted by molar-refractivity contribution is -0.387. The second kappa shape index (κ2) is 7.19. The van der Waals surface area contributed by atoms with Crippen LogP contribution in [0.2, 0.25) is 0 Å². The van der Waals surface area contributed by atoms with Gasteiger partial charge in [-0.15, -0.1) is 10.2 Å². The van der Waals surface area contributed by atoms with Crippen molar-refractivity contribution >= 4 is 23.4 Å². The van der Waals surface area contributed by atoms with E-state index in [4.69, 9.17) is 0 Å². The summed E-state index contributed by atoms with van der Waals surface area (Å²) in [7, 11) is 3.49. The molecule has 2 heterocycles. The average molecular weight is 362 g/mol. The third-order valence-corrected chi connectivity index (χ3v) is 5.29. The van der Waals surface area contributed by atoms with Crippen LogP contribution in [-0.4, -0.2) is 56.7 Å². The van der Waals surface area contributed by atoms with Crippen molar-refractivity contribution < 1.29 is 9.72 Å². The molecule has 1 aliphatic heterocycles. The van der Waals surface area contributed by atoms with E-state index in [1.165, 1.54) is 12.4 Å². The Bertz CT molecular complexity index is 802. The minimum atomic E-state index is -0.480. The molecule has 1 atom stereocenters. The highest BCUT2D eigenvalue weighted by atomic mass is 32.2. The zero-order valence-corrected chi connectivity index (χ0v) is 14.7. The molecule has 1 unspecified atom stereocenters. The fourth-order valence-electron chi connectivity index (χ4n) is 2.68. The van der Waals surface area contributed by atoms with Gasteiger partial charge in [-0.1, -0.05) is 0 Å². The summed E-state index contributed by atoms with van der Waals surface area (Å²) in [5.41, 5.74) is 0.195. The third kappa shape index (κ3) is 3.64. The van der Waals surface area contributed by atoms with E-state index in [0.29, 0.717) is 15.6 Å². The number of nitro groups is 1. The van der Waals surface area contributed by atoms with Crippen molar-refractivity contribution in [2.24, 2.45) is 7.05 Å². The van der Waals surface area contributed by atoms with Crippen molar-refractivity contribution in [3.05, 3.63) is 40.2 Å². The quantitative estimate of drug-likeness (QED) is 0.631. The molecule has 0 aliphatic carbocycles. The number of nitrogens with zero attached hydrogens (tertiary/aromatic N) is 5. The van der Waals surface area contributed by atoms with Crippen molar-refractivity contribution in [3.63, 3.8) is 0 Å². The van der Waals surface area contributed by atoms with Crippen LogP contribution in [0, 0.1) is 10.1 Å². The topological polar surface area (TPSA) is 106 Å². The maximum Gasteiger partial charge on any atom is 0.284 e. The largest absolute Gasteiger partial charge is 0.337 e. The van der Waals surface area contributed by atoms with Gasteiger partial charge in [-0.2, -0.15) is 0 Å². The van der Waals surface area contributed by atoms with Crippen molar-refractivity contribution in [2.75, 3.05) is 20.1 Å². The maximum absolute atomic E-state index is 12.6. The van der Waals surface area contributed by atoms with Crippen molar-refractivity contribution in [1.82, 2.24) is 25.0 Å². The van der Waals surface area contributed by atoms with Crippen LogP contribution in [0.5, 0.6) is 0 Å². The van der Waals surface area contributed by atoms with Crippen molar-refractivity contribution in [1.29, 1.82) is 0 Å². The Morgan fingerprint density at radius 3 is 2.92 bits per heavy atom. The van der Waals surface area contributed by atoms with Crippen LogP contribution in [0.1, 0.15) is 16.8 Å². The number of hydrogen-bond acceptors (Lipinski definition) is 7. The highest BCUT2D eigenvalue weighted by molar-refractivity contribution is 7.99. The first-order valence-electron chi connectivity index (χ1n) is 7.75. The molecule has 1 saturated heterocycles. The molecule has 0 bridgehead atoms. The monoisotopic (exact) mass is 362 g/mol. The molecule has 1 fully saturated rings. The Hall–Kier alpha value is -2.46. The minimum Gasteiger partial charge on any atom is -0.337 e. The number of hydrogen-bond donors (Lipinski definition) is 1. The molecule has 1 amide bonds. The number of nitrogens with one attached hydrogen (secondary N) is 1. The van der Waals surface area contributed by atoms with Crippen LogP contribution in [-0.2, 0) is 7.05 Å². The summed E-state index contributed by atoms with van der Waals surface area (Å²) in [5.74, 6) is -0.216. The number of likely N-dealkylation sites (N-methyl/N-ethyl adjacent to an activating group) is 1. The number of carbonyl (C=O) groups excluding carboxylic acids is 1. The number of amides is 1. The van der Waals surface area contributed by atoms with Gasteiger partial charge in [0.05, 0.1) is 9.82 Å². The Morgan fingerprint density at radius 2 is 2.32 bits per heavy atom. The van der Waals surface area contributed by atoms with Gasteiger partial charge in [0.2, 0.25) is 0 Å². The van der Waals surface area contributed by atoms with E-state index in [1.54, 1.807) is 35.7 Å². The van der Waals surface area contributed by atoms with Crippen LogP contribution in [0.25, 0.3) is 0 Å². The van der Waals surface area contributed by atoms with E-state index < -0.39 is 4.92 Å². The van der Waals surface area contributed by atoms with Gasteiger partial charge in [0.25, 0.3) is 11.6 Å². The summed E-state index contributed by atoms with van der Waals surface area (Å²) in [5, 5.41) is 22.9. The second-order valence-electron chi connectivity index (χ2n) is 5.83. The molecule has 1 aromatic heterocycles. The summed E-state index contributed by atoms with van der Waals surface area (Å²) in [6.45, 7) is 1.61.